The lowest BCUT2D eigenvalue weighted by atomic mass is 9.76. The summed E-state index contributed by atoms with van der Waals surface area (Å²) in [7, 11) is -0.680. The van der Waals surface area contributed by atoms with Crippen LogP contribution in [0.4, 0.5) is 0 Å². The van der Waals surface area contributed by atoms with E-state index in [1.165, 1.54) is 6.42 Å². The first kappa shape index (κ1) is 14.3. The number of nitrogens with one attached hydrogen (secondary N) is 1. The Balaban J connectivity index is 2.00. The van der Waals surface area contributed by atoms with Gasteiger partial charge >= 0.3 is 0 Å². The zero-order valence-electron chi connectivity index (χ0n) is 11.8. The predicted octanol–water partition coefficient (Wildman–Crippen LogP) is 0.741. The highest BCUT2D eigenvalue weighted by Gasteiger charge is 2.40. The van der Waals surface area contributed by atoms with E-state index >= 15 is 0 Å². The van der Waals surface area contributed by atoms with Gasteiger partial charge in [0.2, 0.25) is 0 Å². The van der Waals surface area contributed by atoms with Crippen LogP contribution in [0.15, 0.2) is 0 Å². The van der Waals surface area contributed by atoms with E-state index in [1.54, 1.807) is 0 Å². The van der Waals surface area contributed by atoms with Crippen LogP contribution in [0, 0.1) is 11.3 Å². The minimum atomic E-state index is -2.77. The Morgan fingerprint density at radius 2 is 2.17 bits per heavy atom. The molecule has 0 bridgehead atoms. The van der Waals surface area contributed by atoms with Gasteiger partial charge in [-0.3, -0.25) is 0 Å². The second-order valence-electron chi connectivity index (χ2n) is 6.42. The van der Waals surface area contributed by atoms with Gasteiger partial charge < -0.3 is 10.2 Å². The molecule has 106 valence electrons. The number of rotatable bonds is 4. The Morgan fingerprint density at radius 1 is 1.44 bits per heavy atom. The Bertz CT molecular complexity index is 386. The van der Waals surface area contributed by atoms with Crippen molar-refractivity contribution in [3.05, 3.63) is 0 Å². The van der Waals surface area contributed by atoms with Crippen LogP contribution < -0.4 is 5.32 Å². The summed E-state index contributed by atoms with van der Waals surface area (Å²) in [6.45, 7) is 7.74. The average Bonchev–Trinajstić information content (AvgIpc) is 2.85. The molecular weight excluding hydrogens is 248 g/mol. The van der Waals surface area contributed by atoms with Crippen LogP contribution in [0.1, 0.15) is 26.7 Å². The molecule has 2 saturated heterocycles. The van der Waals surface area contributed by atoms with Gasteiger partial charge in [0.25, 0.3) is 0 Å². The first-order valence-corrected chi connectivity index (χ1v) is 8.78. The van der Waals surface area contributed by atoms with Gasteiger partial charge in [-0.1, -0.05) is 13.8 Å². The Morgan fingerprint density at radius 3 is 2.61 bits per heavy atom. The number of nitrogens with zero attached hydrogens (tertiary/aromatic N) is 1. The van der Waals surface area contributed by atoms with Crippen LogP contribution in [0.3, 0.4) is 0 Å². The molecule has 5 heteroatoms. The van der Waals surface area contributed by atoms with E-state index < -0.39 is 9.84 Å². The van der Waals surface area contributed by atoms with Crippen molar-refractivity contribution in [1.29, 1.82) is 0 Å². The molecule has 0 aliphatic carbocycles. The maximum atomic E-state index is 11.6. The van der Waals surface area contributed by atoms with Gasteiger partial charge in [-0.15, -0.1) is 0 Å². The number of sulfone groups is 1. The van der Waals surface area contributed by atoms with Gasteiger partial charge in [-0.05, 0) is 37.8 Å². The van der Waals surface area contributed by atoms with Gasteiger partial charge in [-0.2, -0.15) is 0 Å². The summed E-state index contributed by atoms with van der Waals surface area (Å²) in [6.07, 6.45) is 2.01. The molecule has 0 saturated carbocycles. The van der Waals surface area contributed by atoms with Gasteiger partial charge in [0.1, 0.15) is 0 Å². The normalized spacial score (nSPS) is 35.7. The fourth-order valence-corrected chi connectivity index (χ4v) is 5.13. The third kappa shape index (κ3) is 2.89. The topological polar surface area (TPSA) is 49.4 Å². The second-order valence-corrected chi connectivity index (χ2v) is 8.64. The summed E-state index contributed by atoms with van der Waals surface area (Å²) in [6, 6.07) is 0.228. The van der Waals surface area contributed by atoms with E-state index in [-0.39, 0.29) is 6.04 Å². The van der Waals surface area contributed by atoms with Crippen LogP contribution in [0.25, 0.3) is 0 Å². The third-order valence-corrected chi connectivity index (χ3v) is 6.65. The second kappa shape index (κ2) is 5.10. The molecule has 2 aliphatic heterocycles. The van der Waals surface area contributed by atoms with Crippen molar-refractivity contribution in [1.82, 2.24) is 10.2 Å². The summed E-state index contributed by atoms with van der Waals surface area (Å²) < 4.78 is 23.1. The smallest absolute Gasteiger partial charge is 0.151 e. The first-order valence-electron chi connectivity index (χ1n) is 6.96. The highest BCUT2D eigenvalue weighted by atomic mass is 32.2. The van der Waals surface area contributed by atoms with E-state index in [2.05, 4.69) is 31.1 Å². The van der Waals surface area contributed by atoms with Crippen molar-refractivity contribution in [2.24, 2.45) is 11.3 Å². The molecule has 0 amide bonds. The molecule has 2 heterocycles. The zero-order valence-corrected chi connectivity index (χ0v) is 12.6. The van der Waals surface area contributed by atoms with Crippen LogP contribution >= 0.6 is 0 Å². The van der Waals surface area contributed by atoms with E-state index in [0.29, 0.717) is 22.8 Å². The molecular formula is C13H26N2O2S. The molecule has 2 aliphatic rings. The molecule has 0 aromatic rings. The molecule has 4 nitrogen and oxygen atoms in total. The molecule has 0 radical (unpaired) electrons. The molecule has 0 spiro atoms. The van der Waals surface area contributed by atoms with Crippen molar-refractivity contribution in [3.8, 4) is 0 Å². The van der Waals surface area contributed by atoms with Crippen LogP contribution in [0.2, 0.25) is 0 Å². The molecule has 0 aromatic heterocycles. The van der Waals surface area contributed by atoms with E-state index in [0.717, 1.165) is 26.1 Å². The largest absolute Gasteiger partial charge is 0.316 e. The molecule has 0 aromatic carbocycles. The summed E-state index contributed by atoms with van der Waals surface area (Å²) in [5.74, 6) is 1.35. The van der Waals surface area contributed by atoms with Gasteiger partial charge in [-0.25, -0.2) is 8.42 Å². The summed E-state index contributed by atoms with van der Waals surface area (Å²) in [4.78, 5) is 2.29. The monoisotopic (exact) mass is 274 g/mol. The van der Waals surface area contributed by atoms with Crippen LogP contribution in [0.5, 0.6) is 0 Å². The minimum absolute atomic E-state index is 0.228. The Labute approximate surface area is 111 Å². The standard InChI is InChI=1S/C13H26N2O2S/c1-11(2)13(5-6-14-9-13)10-15(3)12-4-7-18(16,17)8-12/h11-12,14H,4-10H2,1-3H3. The predicted molar refractivity (Wildman–Crippen MR) is 74.4 cm³/mol. The molecule has 2 unspecified atom stereocenters. The Kier molecular flexibility index (Phi) is 4.04. The zero-order chi connectivity index (χ0) is 13.4. The maximum absolute atomic E-state index is 11.6. The van der Waals surface area contributed by atoms with Crippen molar-refractivity contribution in [3.63, 3.8) is 0 Å². The van der Waals surface area contributed by atoms with Gasteiger partial charge in [0, 0.05) is 19.1 Å². The lowest BCUT2D eigenvalue weighted by Crippen LogP contribution is -2.45. The number of hydrogen-bond donors (Lipinski definition) is 1. The lowest BCUT2D eigenvalue weighted by molar-refractivity contribution is 0.113. The highest BCUT2D eigenvalue weighted by Crippen LogP contribution is 2.35. The minimum Gasteiger partial charge on any atom is -0.316 e. The van der Waals surface area contributed by atoms with E-state index in [1.807, 2.05) is 0 Å². The maximum Gasteiger partial charge on any atom is 0.151 e. The van der Waals surface area contributed by atoms with Gasteiger partial charge in [0.05, 0.1) is 11.5 Å². The fraction of sp³-hybridized carbons (Fsp3) is 1.00. The first-order chi connectivity index (χ1) is 8.35. The summed E-state index contributed by atoms with van der Waals surface area (Å²) in [5, 5.41) is 3.46. The van der Waals surface area contributed by atoms with Gasteiger partial charge in [0.15, 0.2) is 9.84 Å². The summed E-state index contributed by atoms with van der Waals surface area (Å²) in [5.41, 5.74) is 0.321. The quantitative estimate of drug-likeness (QED) is 0.821. The van der Waals surface area contributed by atoms with Crippen molar-refractivity contribution in [2.45, 2.75) is 32.7 Å². The van der Waals surface area contributed by atoms with Crippen molar-refractivity contribution in [2.75, 3.05) is 38.2 Å². The Hall–Kier alpha value is -0.130. The molecule has 1 N–H and O–H groups in total. The lowest BCUT2D eigenvalue weighted by Gasteiger charge is -2.38. The van der Waals surface area contributed by atoms with E-state index in [9.17, 15) is 8.42 Å². The van der Waals surface area contributed by atoms with Crippen molar-refractivity contribution < 1.29 is 8.42 Å². The number of hydrogen-bond acceptors (Lipinski definition) is 4. The SMILES string of the molecule is CC(C)C1(CN(C)C2CCS(=O)(=O)C2)CCNC1. The fourth-order valence-electron chi connectivity index (χ4n) is 3.32. The van der Waals surface area contributed by atoms with E-state index in [4.69, 9.17) is 0 Å². The van der Waals surface area contributed by atoms with Crippen LogP contribution in [-0.2, 0) is 9.84 Å². The summed E-state index contributed by atoms with van der Waals surface area (Å²) >= 11 is 0. The molecule has 2 rings (SSSR count). The molecule has 2 atom stereocenters. The average molecular weight is 274 g/mol. The molecule has 2 fully saturated rings. The third-order valence-electron chi connectivity index (χ3n) is 4.90. The van der Waals surface area contributed by atoms with Crippen LogP contribution in [-0.4, -0.2) is 57.5 Å². The highest BCUT2D eigenvalue weighted by molar-refractivity contribution is 7.91. The molecule has 18 heavy (non-hydrogen) atoms. The van der Waals surface area contributed by atoms with Crippen molar-refractivity contribution >= 4 is 9.84 Å².